The average molecular weight is 207 g/mol. The van der Waals surface area contributed by atoms with E-state index in [-0.39, 0.29) is 5.56 Å². The van der Waals surface area contributed by atoms with Crippen LogP contribution in [0.2, 0.25) is 0 Å². The lowest BCUT2D eigenvalue weighted by Gasteiger charge is -2.16. The Bertz CT molecular complexity index is 406. The SMILES string of the molecule is CC(C)(C#N)NC(=O)c1ccc(F)nc1. The summed E-state index contributed by atoms with van der Waals surface area (Å²) in [6, 6.07) is 4.33. The topological polar surface area (TPSA) is 65.8 Å². The smallest absolute Gasteiger partial charge is 0.254 e. The molecule has 0 unspecified atom stereocenters. The first-order valence-electron chi connectivity index (χ1n) is 4.30. The van der Waals surface area contributed by atoms with Crippen molar-refractivity contribution < 1.29 is 9.18 Å². The van der Waals surface area contributed by atoms with Gasteiger partial charge in [0.15, 0.2) is 0 Å². The highest BCUT2D eigenvalue weighted by molar-refractivity contribution is 5.94. The number of nitrogens with zero attached hydrogens (tertiary/aromatic N) is 2. The van der Waals surface area contributed by atoms with E-state index in [2.05, 4.69) is 10.3 Å². The van der Waals surface area contributed by atoms with Gasteiger partial charge in [-0.3, -0.25) is 4.79 Å². The van der Waals surface area contributed by atoms with Crippen molar-refractivity contribution in [1.82, 2.24) is 10.3 Å². The van der Waals surface area contributed by atoms with Crippen LogP contribution in [0.5, 0.6) is 0 Å². The maximum Gasteiger partial charge on any atom is 0.254 e. The normalized spacial score (nSPS) is 10.5. The van der Waals surface area contributed by atoms with Gasteiger partial charge in [0.2, 0.25) is 5.95 Å². The maximum absolute atomic E-state index is 12.5. The molecule has 1 amide bonds. The fourth-order valence-corrected chi connectivity index (χ4v) is 0.894. The second-order valence-electron chi connectivity index (χ2n) is 3.56. The van der Waals surface area contributed by atoms with E-state index >= 15 is 0 Å². The lowest BCUT2D eigenvalue weighted by molar-refractivity contribution is 0.0929. The Labute approximate surface area is 86.7 Å². The number of nitriles is 1. The molecule has 0 aliphatic rings. The van der Waals surface area contributed by atoms with Gasteiger partial charge in [-0.25, -0.2) is 4.98 Å². The Morgan fingerprint density at radius 3 is 2.73 bits per heavy atom. The first kappa shape index (κ1) is 11.1. The van der Waals surface area contributed by atoms with Crippen LogP contribution in [-0.4, -0.2) is 16.4 Å². The van der Waals surface area contributed by atoms with Gasteiger partial charge in [0, 0.05) is 6.20 Å². The van der Waals surface area contributed by atoms with E-state index in [4.69, 9.17) is 5.26 Å². The molecule has 78 valence electrons. The van der Waals surface area contributed by atoms with Crippen molar-refractivity contribution in [1.29, 1.82) is 5.26 Å². The second kappa shape index (κ2) is 4.05. The molecule has 0 bridgehead atoms. The summed E-state index contributed by atoms with van der Waals surface area (Å²) >= 11 is 0. The first-order chi connectivity index (χ1) is 6.94. The fourth-order valence-electron chi connectivity index (χ4n) is 0.894. The molecule has 1 aromatic rings. The number of nitrogens with one attached hydrogen (secondary N) is 1. The summed E-state index contributed by atoms with van der Waals surface area (Å²) in [5, 5.41) is 11.2. The van der Waals surface area contributed by atoms with Crippen LogP contribution in [0.3, 0.4) is 0 Å². The van der Waals surface area contributed by atoms with Gasteiger partial charge in [-0.05, 0) is 26.0 Å². The van der Waals surface area contributed by atoms with Gasteiger partial charge in [-0.2, -0.15) is 9.65 Å². The molecule has 0 fully saturated rings. The van der Waals surface area contributed by atoms with Crippen LogP contribution in [0, 0.1) is 17.3 Å². The Morgan fingerprint density at radius 1 is 1.60 bits per heavy atom. The minimum atomic E-state index is -0.953. The van der Waals surface area contributed by atoms with Gasteiger partial charge in [-0.1, -0.05) is 0 Å². The number of halogens is 1. The molecule has 4 nitrogen and oxygen atoms in total. The Balaban J connectivity index is 2.79. The van der Waals surface area contributed by atoms with Gasteiger partial charge in [0.1, 0.15) is 5.54 Å². The summed E-state index contributed by atoms with van der Waals surface area (Å²) in [6.07, 6.45) is 1.12. The minimum Gasteiger partial charge on any atom is -0.334 e. The standard InChI is InChI=1S/C10H10FN3O/c1-10(2,6-12)14-9(15)7-3-4-8(11)13-5-7/h3-5H,1-2H3,(H,14,15). The summed E-state index contributed by atoms with van der Waals surface area (Å²) in [7, 11) is 0. The molecule has 0 spiro atoms. The molecular weight excluding hydrogens is 197 g/mol. The van der Waals surface area contributed by atoms with E-state index in [1.54, 1.807) is 13.8 Å². The van der Waals surface area contributed by atoms with Crippen LogP contribution in [0.15, 0.2) is 18.3 Å². The number of amides is 1. The van der Waals surface area contributed by atoms with Crippen molar-refractivity contribution in [3.05, 3.63) is 29.8 Å². The molecule has 1 N–H and O–H groups in total. The van der Waals surface area contributed by atoms with Gasteiger partial charge in [-0.15, -0.1) is 0 Å². The monoisotopic (exact) mass is 207 g/mol. The van der Waals surface area contributed by atoms with Crippen LogP contribution in [0.1, 0.15) is 24.2 Å². The molecule has 0 saturated heterocycles. The third-order valence-electron chi connectivity index (χ3n) is 1.70. The van der Waals surface area contributed by atoms with Crippen molar-refractivity contribution in [3.63, 3.8) is 0 Å². The lowest BCUT2D eigenvalue weighted by Crippen LogP contribution is -2.42. The minimum absolute atomic E-state index is 0.222. The molecule has 5 heteroatoms. The van der Waals surface area contributed by atoms with Gasteiger partial charge in [0.05, 0.1) is 11.6 Å². The van der Waals surface area contributed by atoms with Crippen LogP contribution in [-0.2, 0) is 0 Å². The predicted molar refractivity (Wildman–Crippen MR) is 51.4 cm³/mol. The first-order valence-corrected chi connectivity index (χ1v) is 4.30. The zero-order valence-electron chi connectivity index (χ0n) is 8.41. The molecule has 0 aromatic carbocycles. The fraction of sp³-hybridized carbons (Fsp3) is 0.300. The van der Waals surface area contributed by atoms with E-state index < -0.39 is 17.4 Å². The molecular formula is C10H10FN3O. The number of aromatic nitrogens is 1. The molecule has 0 radical (unpaired) electrons. The summed E-state index contributed by atoms with van der Waals surface area (Å²) in [5.74, 6) is -1.10. The molecule has 15 heavy (non-hydrogen) atoms. The Morgan fingerprint density at radius 2 is 2.27 bits per heavy atom. The molecule has 0 aliphatic heterocycles. The van der Waals surface area contributed by atoms with Crippen molar-refractivity contribution >= 4 is 5.91 Å². The number of hydrogen-bond donors (Lipinski definition) is 1. The number of carbonyl (C=O) groups excluding carboxylic acids is 1. The van der Waals surface area contributed by atoms with Gasteiger partial charge in [0.25, 0.3) is 5.91 Å². The second-order valence-corrected chi connectivity index (χ2v) is 3.56. The Hall–Kier alpha value is -1.96. The Kier molecular flexibility index (Phi) is 3.00. The zero-order chi connectivity index (χ0) is 11.5. The van der Waals surface area contributed by atoms with Crippen LogP contribution >= 0.6 is 0 Å². The summed E-state index contributed by atoms with van der Waals surface area (Å²) in [5.41, 5.74) is -0.731. The van der Waals surface area contributed by atoms with Crippen molar-refractivity contribution in [2.24, 2.45) is 0 Å². The number of rotatable bonds is 2. The van der Waals surface area contributed by atoms with E-state index in [0.29, 0.717) is 0 Å². The summed E-state index contributed by atoms with van der Waals surface area (Å²) < 4.78 is 12.5. The van der Waals surface area contributed by atoms with Crippen molar-refractivity contribution in [2.75, 3.05) is 0 Å². The molecule has 0 atom stereocenters. The highest BCUT2D eigenvalue weighted by Crippen LogP contribution is 2.04. The quantitative estimate of drug-likeness (QED) is 0.742. The van der Waals surface area contributed by atoms with E-state index in [1.165, 1.54) is 6.07 Å². The zero-order valence-corrected chi connectivity index (χ0v) is 8.41. The highest BCUT2D eigenvalue weighted by Gasteiger charge is 2.20. The maximum atomic E-state index is 12.5. The largest absolute Gasteiger partial charge is 0.334 e. The van der Waals surface area contributed by atoms with E-state index in [0.717, 1.165) is 12.3 Å². The third-order valence-corrected chi connectivity index (χ3v) is 1.70. The molecule has 1 aromatic heterocycles. The molecule has 0 saturated carbocycles. The number of pyridine rings is 1. The van der Waals surface area contributed by atoms with Crippen LogP contribution in [0.25, 0.3) is 0 Å². The van der Waals surface area contributed by atoms with Gasteiger partial charge < -0.3 is 5.32 Å². The van der Waals surface area contributed by atoms with Crippen molar-refractivity contribution in [3.8, 4) is 6.07 Å². The molecule has 1 rings (SSSR count). The van der Waals surface area contributed by atoms with Crippen LogP contribution in [0.4, 0.5) is 4.39 Å². The number of carbonyl (C=O) groups is 1. The van der Waals surface area contributed by atoms with Crippen molar-refractivity contribution in [2.45, 2.75) is 19.4 Å². The summed E-state index contributed by atoms with van der Waals surface area (Å²) in [6.45, 7) is 3.14. The van der Waals surface area contributed by atoms with Crippen LogP contribution < -0.4 is 5.32 Å². The predicted octanol–water partition coefficient (Wildman–Crippen LogP) is 1.25. The average Bonchev–Trinajstić information content (AvgIpc) is 2.18. The third kappa shape index (κ3) is 3.02. The van der Waals surface area contributed by atoms with Gasteiger partial charge >= 0.3 is 0 Å². The van der Waals surface area contributed by atoms with E-state index in [1.807, 2.05) is 6.07 Å². The van der Waals surface area contributed by atoms with E-state index in [9.17, 15) is 9.18 Å². The molecule has 0 aliphatic carbocycles. The number of hydrogen-bond acceptors (Lipinski definition) is 3. The summed E-state index contributed by atoms with van der Waals surface area (Å²) in [4.78, 5) is 14.9. The highest BCUT2D eigenvalue weighted by atomic mass is 19.1. The lowest BCUT2D eigenvalue weighted by atomic mass is 10.1. The molecule has 1 heterocycles.